The van der Waals surface area contributed by atoms with E-state index in [1.54, 1.807) is 24.6 Å². The highest BCUT2D eigenvalue weighted by atomic mass is 35.5. The number of hydrogen-bond donors (Lipinski definition) is 0. The van der Waals surface area contributed by atoms with Gasteiger partial charge in [0.15, 0.2) is 0 Å². The SMILES string of the molecule is Cc1nn(CC=CCCl)c(C)c1[N+](=O)[O-]. The van der Waals surface area contributed by atoms with Crippen molar-refractivity contribution in [3.8, 4) is 0 Å². The van der Waals surface area contributed by atoms with Gasteiger partial charge in [0.05, 0.1) is 11.5 Å². The molecule has 0 radical (unpaired) electrons. The fraction of sp³-hybridized carbons (Fsp3) is 0.444. The molecule has 0 N–H and O–H groups in total. The predicted octanol–water partition coefficient (Wildman–Crippen LogP) is 2.20. The lowest BCUT2D eigenvalue weighted by atomic mass is 10.3. The molecule has 0 aliphatic heterocycles. The number of hydrogen-bond acceptors (Lipinski definition) is 3. The van der Waals surface area contributed by atoms with Gasteiger partial charge in [-0.05, 0) is 13.8 Å². The molecule has 0 aliphatic rings. The van der Waals surface area contributed by atoms with Gasteiger partial charge in [0.2, 0.25) is 0 Å². The molecule has 5 nitrogen and oxygen atoms in total. The molecule has 0 saturated heterocycles. The van der Waals surface area contributed by atoms with Gasteiger partial charge < -0.3 is 0 Å². The van der Waals surface area contributed by atoms with Gasteiger partial charge in [-0.1, -0.05) is 12.2 Å². The first-order chi connectivity index (χ1) is 7.07. The van der Waals surface area contributed by atoms with E-state index in [9.17, 15) is 10.1 Å². The lowest BCUT2D eigenvalue weighted by Crippen LogP contribution is -2.00. The summed E-state index contributed by atoms with van der Waals surface area (Å²) in [6.07, 6.45) is 3.61. The average molecular weight is 230 g/mol. The lowest BCUT2D eigenvalue weighted by molar-refractivity contribution is -0.386. The van der Waals surface area contributed by atoms with Crippen LogP contribution in [-0.2, 0) is 6.54 Å². The van der Waals surface area contributed by atoms with Crippen LogP contribution in [0.1, 0.15) is 11.4 Å². The van der Waals surface area contributed by atoms with E-state index in [2.05, 4.69) is 5.10 Å². The van der Waals surface area contributed by atoms with Gasteiger partial charge in [0.1, 0.15) is 11.4 Å². The van der Waals surface area contributed by atoms with Crippen molar-refractivity contribution in [2.75, 3.05) is 5.88 Å². The van der Waals surface area contributed by atoms with Crippen molar-refractivity contribution in [3.63, 3.8) is 0 Å². The number of alkyl halides is 1. The summed E-state index contributed by atoms with van der Waals surface area (Å²) in [6, 6.07) is 0. The third-order valence-electron chi connectivity index (χ3n) is 2.06. The van der Waals surface area contributed by atoms with Crippen molar-refractivity contribution < 1.29 is 4.92 Å². The summed E-state index contributed by atoms with van der Waals surface area (Å²) < 4.78 is 1.59. The average Bonchev–Trinajstić information content (AvgIpc) is 2.42. The standard InChI is InChI=1S/C9H12ClN3O2/c1-7-9(13(14)15)8(2)12(11-7)6-4-3-5-10/h3-4H,5-6H2,1-2H3. The Labute approximate surface area is 92.5 Å². The zero-order chi connectivity index (χ0) is 11.4. The summed E-state index contributed by atoms with van der Waals surface area (Å²) in [7, 11) is 0. The van der Waals surface area contributed by atoms with Gasteiger partial charge in [0.25, 0.3) is 0 Å². The first-order valence-electron chi connectivity index (χ1n) is 4.47. The number of halogens is 1. The minimum atomic E-state index is -0.403. The zero-order valence-corrected chi connectivity index (χ0v) is 9.36. The molecule has 0 unspecified atom stereocenters. The lowest BCUT2D eigenvalue weighted by Gasteiger charge is -1.97. The van der Waals surface area contributed by atoms with E-state index in [4.69, 9.17) is 11.6 Å². The van der Waals surface area contributed by atoms with Crippen molar-refractivity contribution in [2.24, 2.45) is 0 Å². The van der Waals surface area contributed by atoms with Crippen LogP contribution in [0.4, 0.5) is 5.69 Å². The normalized spacial score (nSPS) is 11.1. The minimum absolute atomic E-state index is 0.0919. The van der Waals surface area contributed by atoms with Gasteiger partial charge in [0, 0.05) is 5.88 Å². The Hall–Kier alpha value is -1.36. The van der Waals surface area contributed by atoms with E-state index in [0.29, 0.717) is 23.8 Å². The van der Waals surface area contributed by atoms with E-state index in [1.165, 1.54) is 0 Å². The first-order valence-corrected chi connectivity index (χ1v) is 5.00. The van der Waals surface area contributed by atoms with Gasteiger partial charge in [-0.15, -0.1) is 11.6 Å². The molecule has 0 atom stereocenters. The number of allylic oxidation sites excluding steroid dienone is 2. The molecule has 1 aromatic heterocycles. The van der Waals surface area contributed by atoms with Crippen LogP contribution in [0.2, 0.25) is 0 Å². The van der Waals surface area contributed by atoms with Crippen LogP contribution in [0, 0.1) is 24.0 Å². The van der Waals surface area contributed by atoms with Gasteiger partial charge in [-0.3, -0.25) is 14.8 Å². The molecule has 0 saturated carbocycles. The predicted molar refractivity (Wildman–Crippen MR) is 58.2 cm³/mol. The molecule has 82 valence electrons. The molecule has 0 aliphatic carbocycles. The Morgan fingerprint density at radius 2 is 2.20 bits per heavy atom. The van der Waals surface area contributed by atoms with Crippen LogP contribution >= 0.6 is 11.6 Å². The molecule has 6 heteroatoms. The minimum Gasteiger partial charge on any atom is -0.259 e. The van der Waals surface area contributed by atoms with E-state index in [-0.39, 0.29) is 5.69 Å². The number of aromatic nitrogens is 2. The van der Waals surface area contributed by atoms with Gasteiger partial charge in [-0.25, -0.2) is 0 Å². The maximum atomic E-state index is 10.7. The van der Waals surface area contributed by atoms with Crippen LogP contribution in [0.5, 0.6) is 0 Å². The molecule has 0 amide bonds. The van der Waals surface area contributed by atoms with Crippen molar-refractivity contribution in [3.05, 3.63) is 33.7 Å². The summed E-state index contributed by atoms with van der Waals surface area (Å²) in [6.45, 7) is 3.83. The molecule has 1 rings (SSSR count). The smallest absolute Gasteiger partial charge is 0.259 e. The molecule has 0 fully saturated rings. The van der Waals surface area contributed by atoms with Crippen molar-refractivity contribution in [2.45, 2.75) is 20.4 Å². The Morgan fingerprint density at radius 1 is 1.53 bits per heavy atom. The maximum Gasteiger partial charge on any atom is 0.312 e. The summed E-state index contributed by atoms with van der Waals surface area (Å²) in [5, 5.41) is 14.8. The highest BCUT2D eigenvalue weighted by Crippen LogP contribution is 2.21. The van der Waals surface area contributed by atoms with Crippen LogP contribution < -0.4 is 0 Å². The Morgan fingerprint density at radius 3 is 2.67 bits per heavy atom. The Bertz CT molecular complexity index is 398. The van der Waals surface area contributed by atoms with Crippen LogP contribution in [-0.4, -0.2) is 20.6 Å². The van der Waals surface area contributed by atoms with E-state index >= 15 is 0 Å². The maximum absolute atomic E-state index is 10.7. The number of rotatable bonds is 4. The first kappa shape index (κ1) is 11.7. The monoisotopic (exact) mass is 229 g/mol. The highest BCUT2D eigenvalue weighted by molar-refractivity contribution is 6.18. The van der Waals surface area contributed by atoms with Crippen LogP contribution in [0.25, 0.3) is 0 Å². The van der Waals surface area contributed by atoms with Crippen LogP contribution in [0.15, 0.2) is 12.2 Å². The molecule has 15 heavy (non-hydrogen) atoms. The fourth-order valence-corrected chi connectivity index (χ4v) is 1.49. The second-order valence-electron chi connectivity index (χ2n) is 3.08. The third kappa shape index (κ3) is 2.56. The summed E-state index contributed by atoms with van der Waals surface area (Å²) >= 11 is 5.47. The van der Waals surface area contributed by atoms with Crippen molar-refractivity contribution in [1.82, 2.24) is 9.78 Å². The Balaban J connectivity index is 2.96. The highest BCUT2D eigenvalue weighted by Gasteiger charge is 2.20. The van der Waals surface area contributed by atoms with Crippen molar-refractivity contribution >= 4 is 17.3 Å². The zero-order valence-electron chi connectivity index (χ0n) is 8.61. The van der Waals surface area contributed by atoms with Gasteiger partial charge >= 0.3 is 5.69 Å². The number of nitro groups is 1. The molecule has 0 spiro atoms. The van der Waals surface area contributed by atoms with Crippen LogP contribution in [0.3, 0.4) is 0 Å². The van der Waals surface area contributed by atoms with Gasteiger partial charge in [-0.2, -0.15) is 5.10 Å². The molecular formula is C9H12ClN3O2. The molecule has 1 aromatic rings. The Kier molecular flexibility index (Phi) is 3.85. The fourth-order valence-electron chi connectivity index (χ4n) is 1.37. The molecule has 0 bridgehead atoms. The second kappa shape index (κ2) is 4.93. The largest absolute Gasteiger partial charge is 0.312 e. The van der Waals surface area contributed by atoms with E-state index in [0.717, 1.165) is 0 Å². The van der Waals surface area contributed by atoms with E-state index < -0.39 is 4.92 Å². The summed E-state index contributed by atoms with van der Waals surface area (Å²) in [4.78, 5) is 10.3. The summed E-state index contributed by atoms with van der Waals surface area (Å²) in [5.41, 5.74) is 1.10. The third-order valence-corrected chi connectivity index (χ3v) is 2.24. The molecular weight excluding hydrogens is 218 g/mol. The van der Waals surface area contributed by atoms with E-state index in [1.807, 2.05) is 6.08 Å². The molecule has 1 heterocycles. The topological polar surface area (TPSA) is 61.0 Å². The number of aryl methyl sites for hydroxylation is 1. The molecule has 0 aromatic carbocycles. The van der Waals surface area contributed by atoms with Crippen molar-refractivity contribution in [1.29, 1.82) is 0 Å². The second-order valence-corrected chi connectivity index (χ2v) is 3.39. The number of nitrogens with zero attached hydrogens (tertiary/aromatic N) is 3. The summed E-state index contributed by atoms with van der Waals surface area (Å²) in [5.74, 6) is 0.432. The quantitative estimate of drug-likeness (QED) is 0.344.